The van der Waals surface area contributed by atoms with E-state index in [2.05, 4.69) is 0 Å². The maximum Gasteiger partial charge on any atom is 0.248 e. The third-order valence-electron chi connectivity index (χ3n) is 3.59. The van der Waals surface area contributed by atoms with Gasteiger partial charge in [0.15, 0.2) is 0 Å². The summed E-state index contributed by atoms with van der Waals surface area (Å²) in [7, 11) is 3.41. The molecular weight excluding hydrogens is 284 g/mol. The topological polar surface area (TPSA) is 55.6 Å². The molecule has 1 amide bonds. The fourth-order valence-corrected chi connectivity index (χ4v) is 3.23. The summed E-state index contributed by atoms with van der Waals surface area (Å²) >= 11 is 1.64. The molecule has 0 bridgehead atoms. The van der Waals surface area contributed by atoms with E-state index in [1.807, 2.05) is 42.5 Å². The lowest BCUT2D eigenvalue weighted by atomic mass is 10.1. The number of ether oxygens (including phenoxy) is 1. The summed E-state index contributed by atoms with van der Waals surface area (Å²) in [5.41, 5.74) is 7.69. The van der Waals surface area contributed by atoms with Crippen LogP contribution >= 0.6 is 11.8 Å². The second kappa shape index (κ2) is 5.42. The van der Waals surface area contributed by atoms with Gasteiger partial charge in [0.25, 0.3) is 0 Å². The van der Waals surface area contributed by atoms with Crippen LogP contribution in [0.15, 0.2) is 52.3 Å². The van der Waals surface area contributed by atoms with Crippen molar-refractivity contribution in [2.45, 2.75) is 15.8 Å². The maximum absolute atomic E-state index is 11.9. The van der Waals surface area contributed by atoms with E-state index in [-0.39, 0.29) is 5.91 Å². The first-order chi connectivity index (χ1) is 10.1. The first-order valence-electron chi connectivity index (χ1n) is 6.59. The lowest BCUT2D eigenvalue weighted by Gasteiger charge is -2.11. The van der Waals surface area contributed by atoms with Crippen LogP contribution in [0.4, 0.5) is 5.69 Å². The van der Waals surface area contributed by atoms with Crippen LogP contribution in [-0.2, 0) is 4.79 Å². The summed E-state index contributed by atoms with van der Waals surface area (Å²) in [4.78, 5) is 15.7. The minimum absolute atomic E-state index is 0.0587. The average Bonchev–Trinajstić information content (AvgIpc) is 2.73. The van der Waals surface area contributed by atoms with Gasteiger partial charge < -0.3 is 15.4 Å². The summed E-state index contributed by atoms with van der Waals surface area (Å²) in [6, 6.07) is 13.3. The second-order valence-corrected chi connectivity index (χ2v) is 6.02. The summed E-state index contributed by atoms with van der Waals surface area (Å²) in [5, 5.41) is 0. The fraction of sp³-hybridized carbons (Fsp3) is 0.188. The number of carbonyl (C=O) groups excluding carboxylic acids is 1. The van der Waals surface area contributed by atoms with Gasteiger partial charge in [-0.05, 0) is 36.4 Å². The molecule has 0 aromatic heterocycles. The number of methoxy groups -OCH3 is 1. The highest BCUT2D eigenvalue weighted by molar-refractivity contribution is 7.99. The molecule has 0 fully saturated rings. The van der Waals surface area contributed by atoms with E-state index in [4.69, 9.17) is 10.5 Å². The highest BCUT2D eigenvalue weighted by atomic mass is 32.2. The highest BCUT2D eigenvalue weighted by Gasteiger charge is 2.32. The van der Waals surface area contributed by atoms with Crippen molar-refractivity contribution in [1.82, 2.24) is 0 Å². The lowest BCUT2D eigenvalue weighted by molar-refractivity contribution is -0.118. The zero-order valence-electron chi connectivity index (χ0n) is 11.9. The standard InChI is InChI=1S/C16H16N2O2S/c1-18-14-9-12(7-8-13(14)15(17)16(18)19)21-11-5-3-10(20-2)4-6-11/h3-9,15H,17H2,1-2H3. The molecule has 0 radical (unpaired) electrons. The molecule has 21 heavy (non-hydrogen) atoms. The van der Waals surface area contributed by atoms with E-state index in [0.717, 1.165) is 26.8 Å². The summed E-state index contributed by atoms with van der Waals surface area (Å²) in [5.74, 6) is 0.779. The fourth-order valence-electron chi connectivity index (χ4n) is 2.38. The molecule has 3 rings (SSSR count). The number of benzene rings is 2. The van der Waals surface area contributed by atoms with Gasteiger partial charge in [-0.15, -0.1) is 0 Å². The van der Waals surface area contributed by atoms with Crippen molar-refractivity contribution in [2.75, 3.05) is 19.1 Å². The Bertz CT molecular complexity index is 685. The molecule has 0 saturated heterocycles. The van der Waals surface area contributed by atoms with Crippen LogP contribution in [0.5, 0.6) is 5.75 Å². The second-order valence-electron chi connectivity index (χ2n) is 4.87. The summed E-state index contributed by atoms with van der Waals surface area (Å²) < 4.78 is 5.15. The molecule has 1 unspecified atom stereocenters. The van der Waals surface area contributed by atoms with Crippen molar-refractivity contribution in [2.24, 2.45) is 5.73 Å². The van der Waals surface area contributed by atoms with E-state index in [1.165, 1.54) is 0 Å². The number of nitrogens with zero attached hydrogens (tertiary/aromatic N) is 1. The Morgan fingerprint density at radius 2 is 1.81 bits per heavy atom. The normalized spacial score (nSPS) is 17.0. The van der Waals surface area contributed by atoms with Crippen molar-refractivity contribution >= 4 is 23.4 Å². The Morgan fingerprint density at radius 3 is 2.48 bits per heavy atom. The SMILES string of the molecule is COc1ccc(Sc2ccc3c(c2)N(C)C(=O)C3N)cc1. The van der Waals surface area contributed by atoms with Crippen molar-refractivity contribution in [3.8, 4) is 5.75 Å². The Kier molecular flexibility index (Phi) is 3.61. The molecule has 0 aliphatic carbocycles. The Balaban J connectivity index is 1.86. The van der Waals surface area contributed by atoms with Gasteiger partial charge in [-0.1, -0.05) is 17.8 Å². The molecule has 4 nitrogen and oxygen atoms in total. The van der Waals surface area contributed by atoms with Gasteiger partial charge in [0.1, 0.15) is 11.8 Å². The number of carbonyl (C=O) groups is 1. The molecule has 1 atom stereocenters. The molecule has 0 saturated carbocycles. The van der Waals surface area contributed by atoms with E-state index in [9.17, 15) is 4.79 Å². The number of hydrogen-bond donors (Lipinski definition) is 1. The first kappa shape index (κ1) is 14.0. The molecule has 1 aliphatic heterocycles. The minimum Gasteiger partial charge on any atom is -0.497 e. The van der Waals surface area contributed by atoms with Crippen molar-refractivity contribution < 1.29 is 9.53 Å². The predicted molar refractivity (Wildman–Crippen MR) is 83.9 cm³/mol. The van der Waals surface area contributed by atoms with Crippen molar-refractivity contribution in [3.63, 3.8) is 0 Å². The highest BCUT2D eigenvalue weighted by Crippen LogP contribution is 2.38. The Hall–Kier alpha value is -1.98. The van der Waals surface area contributed by atoms with Crippen LogP contribution in [0.25, 0.3) is 0 Å². The number of rotatable bonds is 3. The van der Waals surface area contributed by atoms with Gasteiger partial charge in [-0.3, -0.25) is 4.79 Å². The van der Waals surface area contributed by atoms with Gasteiger partial charge in [0, 0.05) is 28.1 Å². The van der Waals surface area contributed by atoms with Crippen LogP contribution in [0.3, 0.4) is 0 Å². The number of anilines is 1. The lowest BCUT2D eigenvalue weighted by Crippen LogP contribution is -2.27. The van der Waals surface area contributed by atoms with Crippen LogP contribution in [0.2, 0.25) is 0 Å². The zero-order chi connectivity index (χ0) is 15.0. The predicted octanol–water partition coefficient (Wildman–Crippen LogP) is 2.82. The maximum atomic E-state index is 11.9. The Morgan fingerprint density at radius 1 is 1.14 bits per heavy atom. The molecule has 0 spiro atoms. The molecule has 1 heterocycles. The quantitative estimate of drug-likeness (QED) is 0.947. The van der Waals surface area contributed by atoms with Gasteiger partial charge in [0.2, 0.25) is 5.91 Å². The van der Waals surface area contributed by atoms with Gasteiger partial charge in [-0.25, -0.2) is 0 Å². The van der Waals surface area contributed by atoms with Crippen molar-refractivity contribution in [1.29, 1.82) is 0 Å². The van der Waals surface area contributed by atoms with Gasteiger partial charge >= 0.3 is 0 Å². The van der Waals surface area contributed by atoms with Crippen LogP contribution in [0.1, 0.15) is 11.6 Å². The molecule has 2 N–H and O–H groups in total. The molecule has 2 aromatic rings. The first-order valence-corrected chi connectivity index (χ1v) is 7.41. The molecule has 108 valence electrons. The average molecular weight is 300 g/mol. The third kappa shape index (κ3) is 2.50. The third-order valence-corrected chi connectivity index (χ3v) is 4.59. The minimum atomic E-state index is -0.537. The number of amides is 1. The van der Waals surface area contributed by atoms with Crippen molar-refractivity contribution in [3.05, 3.63) is 48.0 Å². The number of hydrogen-bond acceptors (Lipinski definition) is 4. The smallest absolute Gasteiger partial charge is 0.248 e. The van der Waals surface area contributed by atoms with Crippen LogP contribution in [0, 0.1) is 0 Å². The van der Waals surface area contributed by atoms with E-state index < -0.39 is 6.04 Å². The zero-order valence-corrected chi connectivity index (χ0v) is 12.7. The Labute approximate surface area is 127 Å². The van der Waals surface area contributed by atoms with Gasteiger partial charge in [0.05, 0.1) is 7.11 Å². The van der Waals surface area contributed by atoms with Crippen LogP contribution < -0.4 is 15.4 Å². The monoisotopic (exact) mass is 300 g/mol. The molecule has 5 heteroatoms. The number of likely N-dealkylation sites (N-methyl/N-ethyl adjacent to an activating group) is 1. The largest absolute Gasteiger partial charge is 0.497 e. The summed E-state index contributed by atoms with van der Waals surface area (Å²) in [6.07, 6.45) is 0. The molecular formula is C16H16N2O2S. The van der Waals surface area contributed by atoms with Crippen LogP contribution in [-0.4, -0.2) is 20.1 Å². The van der Waals surface area contributed by atoms with Gasteiger partial charge in [-0.2, -0.15) is 0 Å². The van der Waals surface area contributed by atoms with E-state index in [1.54, 1.807) is 30.8 Å². The molecule has 2 aromatic carbocycles. The molecule has 1 aliphatic rings. The number of fused-ring (bicyclic) bond motifs is 1. The van der Waals surface area contributed by atoms with E-state index >= 15 is 0 Å². The summed E-state index contributed by atoms with van der Waals surface area (Å²) in [6.45, 7) is 0. The van der Waals surface area contributed by atoms with E-state index in [0.29, 0.717) is 0 Å². The number of nitrogens with two attached hydrogens (primary N) is 1.